The van der Waals surface area contributed by atoms with Gasteiger partial charge in [0.05, 0.1) is 3.79 Å². The first-order chi connectivity index (χ1) is 8.67. The monoisotopic (exact) mass is 334 g/mol. The molecule has 0 unspecified atom stereocenters. The van der Waals surface area contributed by atoms with E-state index in [0.717, 1.165) is 16.8 Å². The Bertz CT molecular complexity index is 383. The van der Waals surface area contributed by atoms with Crippen molar-refractivity contribution in [2.24, 2.45) is 10.8 Å². The number of thiophene rings is 1. The highest BCUT2D eigenvalue weighted by Gasteiger charge is 2.06. The third kappa shape index (κ3) is 5.34. The Kier molecular flexibility index (Phi) is 7.26. The van der Waals surface area contributed by atoms with Crippen LogP contribution in [-0.4, -0.2) is 38.2 Å². The quantitative estimate of drug-likeness (QED) is 0.274. The Hall–Kier alpha value is -0.630. The zero-order valence-electron chi connectivity index (χ0n) is 10.6. The normalized spacial score (nSPS) is 11.7. The highest BCUT2D eigenvalue weighted by Crippen LogP contribution is 2.21. The number of rotatable bonds is 6. The smallest absolute Gasteiger partial charge is 0.208 e. The summed E-state index contributed by atoms with van der Waals surface area (Å²) < 4.78 is 6.11. The first-order valence-corrected chi connectivity index (χ1v) is 7.28. The van der Waals surface area contributed by atoms with Gasteiger partial charge >= 0.3 is 0 Å². The first-order valence-electron chi connectivity index (χ1n) is 5.61. The maximum Gasteiger partial charge on any atom is 0.208 e. The van der Waals surface area contributed by atoms with E-state index >= 15 is 0 Å². The lowest BCUT2D eigenvalue weighted by atomic mass is 10.3. The minimum absolute atomic E-state index is 0.688. The van der Waals surface area contributed by atoms with Gasteiger partial charge in [-0.05, 0) is 39.4 Å². The molecule has 18 heavy (non-hydrogen) atoms. The van der Waals surface area contributed by atoms with Gasteiger partial charge in [0.25, 0.3) is 0 Å². The second kappa shape index (κ2) is 8.47. The second-order valence-corrected chi connectivity index (χ2v) is 6.10. The highest BCUT2D eigenvalue weighted by molar-refractivity contribution is 9.11. The molecule has 1 aromatic heterocycles. The Labute approximate surface area is 120 Å². The van der Waals surface area contributed by atoms with Gasteiger partial charge < -0.3 is 9.64 Å². The standard InChI is InChI=1S/C11H19BrN4OS/c1-16(7-9-6-10(12)18-8-9)11(15-13)14-4-3-5-17-2/h6,8H,3-5,7,13H2,1-2H3,(H,14,15). The van der Waals surface area contributed by atoms with Gasteiger partial charge in [-0.2, -0.15) is 0 Å². The van der Waals surface area contributed by atoms with Crippen molar-refractivity contribution in [2.45, 2.75) is 13.0 Å². The molecule has 0 aliphatic carbocycles. The molecule has 3 N–H and O–H groups in total. The number of guanidine groups is 1. The van der Waals surface area contributed by atoms with E-state index in [1.807, 2.05) is 11.9 Å². The zero-order chi connectivity index (χ0) is 13.4. The van der Waals surface area contributed by atoms with Gasteiger partial charge in [-0.1, -0.05) is 0 Å². The molecule has 7 heteroatoms. The van der Waals surface area contributed by atoms with Crippen LogP contribution in [0.25, 0.3) is 0 Å². The molecule has 1 heterocycles. The summed E-state index contributed by atoms with van der Waals surface area (Å²) >= 11 is 5.12. The summed E-state index contributed by atoms with van der Waals surface area (Å²) in [5.74, 6) is 6.18. The van der Waals surface area contributed by atoms with Crippen LogP contribution in [-0.2, 0) is 11.3 Å². The van der Waals surface area contributed by atoms with Crippen molar-refractivity contribution in [1.29, 1.82) is 0 Å². The Morgan fingerprint density at radius 1 is 1.67 bits per heavy atom. The molecule has 0 saturated heterocycles. The number of nitrogens with two attached hydrogens (primary N) is 1. The average Bonchev–Trinajstić information content (AvgIpc) is 2.75. The van der Waals surface area contributed by atoms with Crippen LogP contribution in [0.15, 0.2) is 20.2 Å². The summed E-state index contributed by atoms with van der Waals surface area (Å²) in [4.78, 5) is 6.39. The topological polar surface area (TPSA) is 62.9 Å². The van der Waals surface area contributed by atoms with E-state index in [9.17, 15) is 0 Å². The van der Waals surface area contributed by atoms with Gasteiger partial charge in [0.2, 0.25) is 5.96 Å². The van der Waals surface area contributed by atoms with Crippen LogP contribution in [0.5, 0.6) is 0 Å². The zero-order valence-corrected chi connectivity index (χ0v) is 13.1. The fourth-order valence-corrected chi connectivity index (χ4v) is 2.65. The number of halogens is 1. The molecule has 1 rings (SSSR count). The van der Waals surface area contributed by atoms with Crippen LogP contribution in [0.4, 0.5) is 0 Å². The predicted molar refractivity (Wildman–Crippen MR) is 79.6 cm³/mol. The Balaban J connectivity index is 2.48. The van der Waals surface area contributed by atoms with E-state index in [0.29, 0.717) is 19.1 Å². The summed E-state index contributed by atoms with van der Waals surface area (Å²) in [6.45, 7) is 2.18. The molecule has 0 spiro atoms. The molecule has 0 radical (unpaired) electrons. The van der Waals surface area contributed by atoms with Gasteiger partial charge in [0, 0.05) is 33.9 Å². The van der Waals surface area contributed by atoms with Crippen LogP contribution in [0, 0.1) is 0 Å². The van der Waals surface area contributed by atoms with Crippen molar-refractivity contribution in [3.63, 3.8) is 0 Å². The molecule has 1 aromatic rings. The molecule has 0 aromatic carbocycles. The number of nitrogens with zero attached hydrogens (tertiary/aromatic N) is 2. The van der Waals surface area contributed by atoms with E-state index in [1.165, 1.54) is 5.56 Å². The molecule has 5 nitrogen and oxygen atoms in total. The van der Waals surface area contributed by atoms with Gasteiger partial charge in [-0.25, -0.2) is 5.84 Å². The van der Waals surface area contributed by atoms with Crippen LogP contribution in [0.2, 0.25) is 0 Å². The average molecular weight is 335 g/mol. The lowest BCUT2D eigenvalue weighted by Crippen LogP contribution is -2.42. The number of hydrogen-bond donors (Lipinski definition) is 2. The molecule has 0 amide bonds. The van der Waals surface area contributed by atoms with E-state index in [1.54, 1.807) is 18.4 Å². The van der Waals surface area contributed by atoms with Gasteiger partial charge in [-0.3, -0.25) is 10.4 Å². The lowest BCUT2D eigenvalue weighted by molar-refractivity contribution is 0.197. The van der Waals surface area contributed by atoms with Gasteiger partial charge in [-0.15, -0.1) is 11.3 Å². The minimum atomic E-state index is 0.688. The second-order valence-electron chi connectivity index (χ2n) is 3.81. The van der Waals surface area contributed by atoms with E-state index in [-0.39, 0.29) is 0 Å². The molecule has 102 valence electrons. The maximum atomic E-state index is 5.49. The largest absolute Gasteiger partial charge is 0.385 e. The predicted octanol–water partition coefficient (Wildman–Crippen LogP) is 1.80. The van der Waals surface area contributed by atoms with E-state index in [2.05, 4.69) is 37.8 Å². The molecule has 0 atom stereocenters. The minimum Gasteiger partial charge on any atom is -0.385 e. The van der Waals surface area contributed by atoms with Crippen LogP contribution in [0.3, 0.4) is 0 Å². The first kappa shape index (κ1) is 15.4. The van der Waals surface area contributed by atoms with E-state index in [4.69, 9.17) is 10.6 Å². The summed E-state index contributed by atoms with van der Waals surface area (Å²) in [5, 5.41) is 2.11. The van der Waals surface area contributed by atoms with Crippen LogP contribution in [0.1, 0.15) is 12.0 Å². The van der Waals surface area contributed by atoms with Crippen molar-refractivity contribution in [1.82, 2.24) is 10.3 Å². The molecule has 0 aliphatic rings. The third-order valence-corrected chi connectivity index (χ3v) is 3.85. The maximum absolute atomic E-state index is 5.49. The van der Waals surface area contributed by atoms with Gasteiger partial charge in [0.1, 0.15) is 0 Å². The fraction of sp³-hybridized carbons (Fsp3) is 0.545. The summed E-state index contributed by atoms with van der Waals surface area (Å²) in [7, 11) is 3.65. The number of methoxy groups -OCH3 is 1. The van der Waals surface area contributed by atoms with E-state index < -0.39 is 0 Å². The molecule has 0 fully saturated rings. The van der Waals surface area contributed by atoms with Crippen molar-refractivity contribution in [2.75, 3.05) is 27.3 Å². The molecule has 0 saturated carbocycles. The van der Waals surface area contributed by atoms with Crippen molar-refractivity contribution >= 4 is 33.2 Å². The van der Waals surface area contributed by atoms with Crippen molar-refractivity contribution in [3.8, 4) is 0 Å². The van der Waals surface area contributed by atoms with Crippen LogP contribution >= 0.6 is 27.3 Å². The molecule has 0 aliphatic heterocycles. The number of aliphatic imine (C=N–C) groups is 1. The summed E-state index contributed by atoms with van der Waals surface area (Å²) in [6.07, 6.45) is 0.888. The molecule has 0 bridgehead atoms. The SMILES string of the molecule is COCCCN=C(NN)N(C)Cc1csc(Br)c1. The van der Waals surface area contributed by atoms with Crippen molar-refractivity contribution < 1.29 is 4.74 Å². The summed E-state index contributed by atoms with van der Waals surface area (Å²) in [6, 6.07) is 2.10. The Morgan fingerprint density at radius 2 is 2.44 bits per heavy atom. The summed E-state index contributed by atoms with van der Waals surface area (Å²) in [5.41, 5.74) is 3.86. The Morgan fingerprint density at radius 3 is 3.00 bits per heavy atom. The number of nitrogens with one attached hydrogen (secondary N) is 1. The molecular weight excluding hydrogens is 316 g/mol. The molecular formula is C11H19BrN4OS. The van der Waals surface area contributed by atoms with Crippen LogP contribution < -0.4 is 11.3 Å². The number of hydrogen-bond acceptors (Lipinski definition) is 4. The van der Waals surface area contributed by atoms with Crippen molar-refractivity contribution in [3.05, 3.63) is 20.8 Å². The number of ether oxygens (including phenoxy) is 1. The van der Waals surface area contributed by atoms with Gasteiger partial charge in [0.15, 0.2) is 0 Å². The number of hydrazine groups is 1. The lowest BCUT2D eigenvalue weighted by Gasteiger charge is -2.20. The fourth-order valence-electron chi connectivity index (χ4n) is 1.45. The highest BCUT2D eigenvalue weighted by atomic mass is 79.9. The third-order valence-electron chi connectivity index (χ3n) is 2.30.